The quantitative estimate of drug-likeness (QED) is 0.0981. The van der Waals surface area contributed by atoms with Crippen molar-refractivity contribution in [1.29, 1.82) is 0 Å². The highest BCUT2D eigenvalue weighted by atomic mass is 32.2. The van der Waals surface area contributed by atoms with Crippen LogP contribution in [0.2, 0.25) is 0 Å². The number of rotatable bonds is 24. The number of nitrogens with zero attached hydrogens (tertiary/aromatic N) is 1. The third kappa shape index (κ3) is 20.0. The van der Waals surface area contributed by atoms with Crippen LogP contribution in [0.4, 0.5) is 0 Å². The second-order valence-corrected chi connectivity index (χ2v) is 11.8. The molecule has 0 spiro atoms. The fourth-order valence-electron chi connectivity index (χ4n) is 4.95. The molecule has 1 heterocycles. The molecule has 1 fully saturated rings. The number of hydrogen-bond donors (Lipinski definition) is 0. The molecule has 34 heavy (non-hydrogen) atoms. The van der Waals surface area contributed by atoms with Gasteiger partial charge in [0.1, 0.15) is 6.10 Å². The van der Waals surface area contributed by atoms with Gasteiger partial charge in [0.2, 0.25) is 0 Å². The number of carbonyl (C=O) groups excluding carboxylic acids is 1. The van der Waals surface area contributed by atoms with Gasteiger partial charge in [0.05, 0.1) is 0 Å². The van der Waals surface area contributed by atoms with Gasteiger partial charge in [0.15, 0.2) is 0 Å². The second kappa shape index (κ2) is 24.5. The summed E-state index contributed by atoms with van der Waals surface area (Å²) < 4.78 is 5.98. The standard InChI is InChI=1S/C30H59NO2S/c1-3-5-7-9-11-14-18-22-29(21-17-13-10-8-6-4-2)33-30(32)23-19-15-12-16-20-24-31-25-27-34-28-26-31/h29H,3-28H2,1-2H3. The average Bonchev–Trinajstić information content (AvgIpc) is 2.85. The Morgan fingerprint density at radius 1 is 0.676 bits per heavy atom. The van der Waals surface area contributed by atoms with Crippen LogP contribution in [0.15, 0.2) is 0 Å². The normalized spacial score (nSPS) is 15.5. The third-order valence-electron chi connectivity index (χ3n) is 7.27. The molecule has 0 radical (unpaired) electrons. The minimum atomic E-state index is 0.0599. The molecule has 1 aliphatic heterocycles. The van der Waals surface area contributed by atoms with Crippen LogP contribution in [-0.4, -0.2) is 48.1 Å². The highest BCUT2D eigenvalue weighted by Crippen LogP contribution is 2.18. The largest absolute Gasteiger partial charge is 0.462 e. The van der Waals surface area contributed by atoms with E-state index in [1.54, 1.807) is 0 Å². The molecule has 0 aromatic carbocycles. The summed E-state index contributed by atoms with van der Waals surface area (Å²) >= 11 is 2.09. The lowest BCUT2D eigenvalue weighted by Crippen LogP contribution is -2.33. The van der Waals surface area contributed by atoms with E-state index in [0.717, 1.165) is 19.3 Å². The second-order valence-electron chi connectivity index (χ2n) is 10.6. The lowest BCUT2D eigenvalue weighted by Gasteiger charge is -2.25. The highest BCUT2D eigenvalue weighted by Gasteiger charge is 2.14. The monoisotopic (exact) mass is 497 g/mol. The molecule has 0 aromatic rings. The van der Waals surface area contributed by atoms with Gasteiger partial charge in [-0.25, -0.2) is 0 Å². The molecule has 4 heteroatoms. The molecule has 1 rings (SSSR count). The average molecular weight is 498 g/mol. The molecule has 1 atom stereocenters. The summed E-state index contributed by atoms with van der Waals surface area (Å²) in [7, 11) is 0. The summed E-state index contributed by atoms with van der Waals surface area (Å²) in [4.78, 5) is 15.1. The van der Waals surface area contributed by atoms with E-state index in [0.29, 0.717) is 6.42 Å². The first-order valence-electron chi connectivity index (χ1n) is 15.3. The number of carbonyl (C=O) groups is 1. The zero-order valence-electron chi connectivity index (χ0n) is 23.1. The van der Waals surface area contributed by atoms with Crippen molar-refractivity contribution >= 4 is 17.7 Å². The number of thioether (sulfide) groups is 1. The van der Waals surface area contributed by atoms with Crippen molar-refractivity contribution in [2.75, 3.05) is 31.1 Å². The lowest BCUT2D eigenvalue weighted by atomic mass is 10.0. The van der Waals surface area contributed by atoms with Gasteiger partial charge in [0.25, 0.3) is 0 Å². The van der Waals surface area contributed by atoms with Crippen LogP contribution in [0.25, 0.3) is 0 Å². The molecule has 0 N–H and O–H groups in total. The Labute approximate surface area is 217 Å². The molecule has 0 saturated carbocycles. The van der Waals surface area contributed by atoms with E-state index >= 15 is 0 Å². The molecular weight excluding hydrogens is 438 g/mol. The number of esters is 1. The van der Waals surface area contributed by atoms with Gasteiger partial charge in [-0.3, -0.25) is 4.79 Å². The molecule has 1 aliphatic rings. The van der Waals surface area contributed by atoms with E-state index < -0.39 is 0 Å². The first-order chi connectivity index (χ1) is 16.8. The van der Waals surface area contributed by atoms with Crippen LogP contribution in [0.3, 0.4) is 0 Å². The van der Waals surface area contributed by atoms with E-state index in [2.05, 4.69) is 30.5 Å². The van der Waals surface area contributed by atoms with Gasteiger partial charge in [-0.05, 0) is 45.1 Å². The third-order valence-corrected chi connectivity index (χ3v) is 8.21. The van der Waals surface area contributed by atoms with Crippen molar-refractivity contribution in [2.45, 2.75) is 155 Å². The van der Waals surface area contributed by atoms with Crippen LogP contribution in [0, 0.1) is 0 Å². The summed E-state index contributed by atoms with van der Waals surface area (Å²) in [5, 5.41) is 0. The molecule has 0 aromatic heterocycles. The van der Waals surface area contributed by atoms with E-state index in [9.17, 15) is 4.79 Å². The number of unbranched alkanes of at least 4 members (excludes halogenated alkanes) is 15. The smallest absolute Gasteiger partial charge is 0.306 e. The van der Waals surface area contributed by atoms with Crippen molar-refractivity contribution in [3.05, 3.63) is 0 Å². The summed E-state index contributed by atoms with van der Waals surface area (Å²) in [6, 6.07) is 0. The van der Waals surface area contributed by atoms with E-state index in [4.69, 9.17) is 4.74 Å². The van der Waals surface area contributed by atoms with Crippen molar-refractivity contribution < 1.29 is 9.53 Å². The molecule has 1 saturated heterocycles. The zero-order chi connectivity index (χ0) is 24.5. The van der Waals surface area contributed by atoms with Crippen molar-refractivity contribution in [3.8, 4) is 0 Å². The summed E-state index contributed by atoms with van der Waals surface area (Å²) in [6.07, 6.45) is 26.1. The molecule has 0 bridgehead atoms. The SMILES string of the molecule is CCCCCCCCCC(CCCCCCCC)OC(=O)CCCCCCCN1CCSCC1. The van der Waals surface area contributed by atoms with Crippen LogP contribution in [0.1, 0.15) is 149 Å². The first-order valence-corrected chi connectivity index (χ1v) is 16.4. The minimum Gasteiger partial charge on any atom is -0.462 e. The molecule has 0 aliphatic carbocycles. The molecule has 1 unspecified atom stereocenters. The van der Waals surface area contributed by atoms with Gasteiger partial charge < -0.3 is 9.64 Å². The Balaban J connectivity index is 2.12. The summed E-state index contributed by atoms with van der Waals surface area (Å²) in [6.45, 7) is 8.36. The summed E-state index contributed by atoms with van der Waals surface area (Å²) in [5.74, 6) is 2.67. The van der Waals surface area contributed by atoms with Crippen molar-refractivity contribution in [2.24, 2.45) is 0 Å². The minimum absolute atomic E-state index is 0.0599. The lowest BCUT2D eigenvalue weighted by molar-refractivity contribution is -0.150. The predicted octanol–water partition coefficient (Wildman–Crippen LogP) is 9.18. The zero-order valence-corrected chi connectivity index (χ0v) is 24.0. The highest BCUT2D eigenvalue weighted by molar-refractivity contribution is 7.99. The summed E-state index contributed by atoms with van der Waals surface area (Å²) in [5.41, 5.74) is 0. The maximum atomic E-state index is 12.5. The van der Waals surface area contributed by atoms with Crippen molar-refractivity contribution in [3.63, 3.8) is 0 Å². The van der Waals surface area contributed by atoms with Crippen LogP contribution in [-0.2, 0) is 9.53 Å². The van der Waals surface area contributed by atoms with Crippen molar-refractivity contribution in [1.82, 2.24) is 4.90 Å². The number of ether oxygens (including phenoxy) is 1. The molecular formula is C30H59NO2S. The van der Waals surface area contributed by atoms with Crippen LogP contribution >= 0.6 is 11.8 Å². The maximum absolute atomic E-state index is 12.5. The van der Waals surface area contributed by atoms with Gasteiger partial charge in [-0.1, -0.05) is 104 Å². The topological polar surface area (TPSA) is 29.5 Å². The van der Waals surface area contributed by atoms with Crippen LogP contribution < -0.4 is 0 Å². The Morgan fingerprint density at radius 3 is 1.71 bits per heavy atom. The van der Waals surface area contributed by atoms with E-state index in [1.165, 1.54) is 140 Å². The Kier molecular flexibility index (Phi) is 22.9. The molecule has 202 valence electrons. The Hall–Kier alpha value is -0.220. The molecule has 3 nitrogen and oxygen atoms in total. The van der Waals surface area contributed by atoms with E-state index in [-0.39, 0.29) is 12.1 Å². The fourth-order valence-corrected chi connectivity index (χ4v) is 5.93. The van der Waals surface area contributed by atoms with Crippen LogP contribution in [0.5, 0.6) is 0 Å². The first kappa shape index (κ1) is 31.8. The van der Waals surface area contributed by atoms with Gasteiger partial charge in [-0.15, -0.1) is 0 Å². The maximum Gasteiger partial charge on any atom is 0.306 e. The molecule has 0 amide bonds. The fraction of sp³-hybridized carbons (Fsp3) is 0.967. The Morgan fingerprint density at radius 2 is 1.15 bits per heavy atom. The number of hydrogen-bond acceptors (Lipinski definition) is 4. The van der Waals surface area contributed by atoms with Gasteiger partial charge >= 0.3 is 5.97 Å². The van der Waals surface area contributed by atoms with E-state index in [1.807, 2.05) is 0 Å². The van der Waals surface area contributed by atoms with Gasteiger partial charge in [0, 0.05) is 31.0 Å². The van der Waals surface area contributed by atoms with Gasteiger partial charge in [-0.2, -0.15) is 11.8 Å². The Bertz CT molecular complexity index is 440. The predicted molar refractivity (Wildman–Crippen MR) is 152 cm³/mol.